The number of aromatic nitrogens is 2. The molecule has 30 heavy (non-hydrogen) atoms. The van der Waals surface area contributed by atoms with Crippen molar-refractivity contribution in [2.45, 2.75) is 18.7 Å². The molecule has 0 atom stereocenters. The van der Waals surface area contributed by atoms with E-state index in [9.17, 15) is 22.6 Å². The van der Waals surface area contributed by atoms with Crippen LogP contribution < -0.4 is 10.9 Å². The summed E-state index contributed by atoms with van der Waals surface area (Å²) in [5.74, 6) is 0. The molecule has 5 aromatic rings. The average Bonchev–Trinajstić information content (AvgIpc) is 2.68. The summed E-state index contributed by atoms with van der Waals surface area (Å²) in [4.78, 5) is 32.3. The zero-order chi connectivity index (χ0) is 21.4. The Balaban J connectivity index is 1.99. The van der Waals surface area contributed by atoms with E-state index in [1.165, 1.54) is 18.2 Å². The molecule has 0 spiro atoms. The van der Waals surface area contributed by atoms with Gasteiger partial charge in [-0.15, -0.1) is 0 Å². The second-order valence-corrected chi connectivity index (χ2v) is 8.91. The van der Waals surface area contributed by atoms with Crippen molar-refractivity contribution in [2.24, 2.45) is 0 Å². The highest BCUT2D eigenvalue weighted by Crippen LogP contribution is 2.26. The second-order valence-electron chi connectivity index (χ2n) is 7.49. The molecule has 0 saturated heterocycles. The Morgan fingerprint density at radius 2 is 1.43 bits per heavy atom. The predicted molar refractivity (Wildman–Crippen MR) is 117 cm³/mol. The Kier molecular flexibility index (Phi) is 3.71. The third kappa shape index (κ3) is 2.58. The monoisotopic (exact) mass is 420 g/mol. The molecule has 2 aromatic heterocycles. The molecule has 5 rings (SSSR count). The van der Waals surface area contributed by atoms with Crippen molar-refractivity contribution in [1.29, 1.82) is 0 Å². The van der Waals surface area contributed by atoms with Gasteiger partial charge in [-0.05, 0) is 61.4 Å². The van der Waals surface area contributed by atoms with Crippen LogP contribution in [-0.2, 0) is 10.1 Å². The summed E-state index contributed by atoms with van der Waals surface area (Å²) < 4.78 is 32.3. The number of pyridine rings is 2. The maximum atomic E-state index is 13.2. The zero-order valence-corrected chi connectivity index (χ0v) is 16.8. The number of benzene rings is 3. The van der Waals surface area contributed by atoms with Gasteiger partial charge < -0.3 is 9.97 Å². The molecule has 0 saturated carbocycles. The van der Waals surface area contributed by atoms with Crippen molar-refractivity contribution in [1.82, 2.24) is 9.97 Å². The number of aromatic amines is 2. The van der Waals surface area contributed by atoms with Crippen molar-refractivity contribution < 1.29 is 13.0 Å². The van der Waals surface area contributed by atoms with Gasteiger partial charge in [-0.3, -0.25) is 14.1 Å². The van der Waals surface area contributed by atoms with E-state index in [2.05, 4.69) is 9.97 Å². The molecular formula is C22H16N2O5S. The molecule has 2 heterocycles. The second kappa shape index (κ2) is 6.01. The molecule has 3 aromatic carbocycles. The summed E-state index contributed by atoms with van der Waals surface area (Å²) >= 11 is 0. The Bertz CT molecular complexity index is 1780. The van der Waals surface area contributed by atoms with Crippen LogP contribution in [0.2, 0.25) is 0 Å². The first-order chi connectivity index (χ1) is 14.1. The van der Waals surface area contributed by atoms with E-state index < -0.39 is 10.1 Å². The van der Waals surface area contributed by atoms with E-state index >= 15 is 0 Å². The Morgan fingerprint density at radius 1 is 0.767 bits per heavy atom. The van der Waals surface area contributed by atoms with Crippen LogP contribution in [-0.4, -0.2) is 22.9 Å². The van der Waals surface area contributed by atoms with Crippen LogP contribution >= 0.6 is 0 Å². The molecule has 3 N–H and O–H groups in total. The van der Waals surface area contributed by atoms with Crippen LogP contribution in [0.1, 0.15) is 11.1 Å². The summed E-state index contributed by atoms with van der Waals surface area (Å²) in [6, 6.07) is 10.9. The normalized spacial score (nSPS) is 12.4. The number of aryl methyl sites for hydroxylation is 2. The highest BCUT2D eigenvalue weighted by atomic mass is 32.2. The summed E-state index contributed by atoms with van der Waals surface area (Å²) in [6.07, 6.45) is 0. The predicted octanol–water partition coefficient (Wildman–Crippen LogP) is 3.54. The van der Waals surface area contributed by atoms with Gasteiger partial charge in [0.05, 0.1) is 26.8 Å². The molecule has 8 heteroatoms. The van der Waals surface area contributed by atoms with E-state index in [-0.39, 0.29) is 26.7 Å². The molecule has 0 radical (unpaired) electrons. The lowest BCUT2D eigenvalue weighted by Gasteiger charge is -2.11. The SMILES string of the molecule is Cc1ccc2c(=O)c3c(C)c4[nH]c5cc(S(=O)(=O)O)ccc5c(=O)c4cc3[nH]c2c1. The van der Waals surface area contributed by atoms with Crippen LogP contribution in [0.25, 0.3) is 43.6 Å². The van der Waals surface area contributed by atoms with Crippen LogP contribution in [0.4, 0.5) is 0 Å². The molecule has 0 unspecified atom stereocenters. The Morgan fingerprint density at radius 3 is 2.17 bits per heavy atom. The minimum absolute atomic E-state index is 0.147. The summed E-state index contributed by atoms with van der Waals surface area (Å²) in [5.41, 5.74) is 3.11. The topological polar surface area (TPSA) is 120 Å². The maximum absolute atomic E-state index is 13.2. The van der Waals surface area contributed by atoms with Crippen molar-refractivity contribution in [3.8, 4) is 0 Å². The van der Waals surface area contributed by atoms with Crippen molar-refractivity contribution in [2.75, 3.05) is 0 Å². The van der Waals surface area contributed by atoms with E-state index in [1.807, 2.05) is 19.1 Å². The van der Waals surface area contributed by atoms with Crippen molar-refractivity contribution in [3.05, 3.63) is 74.0 Å². The molecule has 0 fully saturated rings. The number of hydrogen-bond donors (Lipinski definition) is 3. The number of hydrogen-bond acceptors (Lipinski definition) is 4. The lowest BCUT2D eigenvalue weighted by molar-refractivity contribution is 0.483. The third-order valence-electron chi connectivity index (χ3n) is 5.53. The molecule has 0 amide bonds. The van der Waals surface area contributed by atoms with Crippen LogP contribution in [0.3, 0.4) is 0 Å². The standard InChI is InChI=1S/C22H16N2O5S/c1-10-3-5-14-16(7-10)23-18-9-15-20(11(2)19(18)22(14)26)24-17-8-12(30(27,28)29)4-6-13(17)21(15)25/h3-9H,1-2H3,(H,23,26)(H,24,25)(H,27,28,29). The first-order valence-corrected chi connectivity index (χ1v) is 10.6. The Hall–Kier alpha value is -3.49. The van der Waals surface area contributed by atoms with Gasteiger partial charge in [0, 0.05) is 21.7 Å². The quantitative estimate of drug-likeness (QED) is 0.283. The molecule has 150 valence electrons. The summed E-state index contributed by atoms with van der Waals surface area (Å²) in [6.45, 7) is 3.68. The smallest absolute Gasteiger partial charge is 0.294 e. The largest absolute Gasteiger partial charge is 0.354 e. The number of H-pyrrole nitrogens is 2. The van der Waals surface area contributed by atoms with Gasteiger partial charge in [0.15, 0.2) is 10.9 Å². The van der Waals surface area contributed by atoms with E-state index in [1.54, 1.807) is 19.1 Å². The van der Waals surface area contributed by atoms with Crippen LogP contribution in [0.5, 0.6) is 0 Å². The molecule has 0 aliphatic heterocycles. The minimum atomic E-state index is -4.42. The Labute approximate surface area is 169 Å². The summed E-state index contributed by atoms with van der Waals surface area (Å²) in [7, 11) is -4.42. The average molecular weight is 420 g/mol. The zero-order valence-electron chi connectivity index (χ0n) is 16.0. The van der Waals surface area contributed by atoms with Gasteiger partial charge in [0.1, 0.15) is 0 Å². The fourth-order valence-corrected chi connectivity index (χ4v) is 4.56. The van der Waals surface area contributed by atoms with Gasteiger partial charge in [-0.25, -0.2) is 0 Å². The molecule has 0 bridgehead atoms. The van der Waals surface area contributed by atoms with Crippen molar-refractivity contribution in [3.63, 3.8) is 0 Å². The fourth-order valence-electron chi connectivity index (χ4n) is 4.05. The molecule has 0 aliphatic carbocycles. The number of rotatable bonds is 1. The summed E-state index contributed by atoms with van der Waals surface area (Å²) in [5, 5.41) is 1.68. The molecular weight excluding hydrogens is 404 g/mol. The van der Waals surface area contributed by atoms with Crippen LogP contribution in [0.15, 0.2) is 56.9 Å². The van der Waals surface area contributed by atoms with Gasteiger partial charge in [-0.2, -0.15) is 8.42 Å². The van der Waals surface area contributed by atoms with Crippen LogP contribution in [0, 0.1) is 13.8 Å². The molecule has 0 aliphatic rings. The third-order valence-corrected chi connectivity index (χ3v) is 6.38. The minimum Gasteiger partial charge on any atom is -0.354 e. The van der Waals surface area contributed by atoms with E-state index in [0.29, 0.717) is 38.3 Å². The number of fused-ring (bicyclic) bond motifs is 4. The first kappa shape index (κ1) is 18.5. The van der Waals surface area contributed by atoms with Gasteiger partial charge >= 0.3 is 0 Å². The molecule has 7 nitrogen and oxygen atoms in total. The lowest BCUT2D eigenvalue weighted by atomic mass is 10.00. The van der Waals surface area contributed by atoms with E-state index in [0.717, 1.165) is 5.56 Å². The highest BCUT2D eigenvalue weighted by Gasteiger charge is 2.16. The fraction of sp³-hybridized carbons (Fsp3) is 0.0909. The highest BCUT2D eigenvalue weighted by molar-refractivity contribution is 7.85. The van der Waals surface area contributed by atoms with E-state index in [4.69, 9.17) is 0 Å². The van der Waals surface area contributed by atoms with Gasteiger partial charge in [0.25, 0.3) is 10.1 Å². The number of nitrogens with one attached hydrogen (secondary N) is 2. The first-order valence-electron chi connectivity index (χ1n) is 9.18. The lowest BCUT2D eigenvalue weighted by Crippen LogP contribution is -2.11. The maximum Gasteiger partial charge on any atom is 0.294 e. The van der Waals surface area contributed by atoms with Gasteiger partial charge in [0.2, 0.25) is 0 Å². The van der Waals surface area contributed by atoms with Gasteiger partial charge in [-0.1, -0.05) is 6.07 Å². The van der Waals surface area contributed by atoms with Crippen molar-refractivity contribution >= 4 is 53.7 Å².